The molecular weight excluding hydrogens is 390 g/mol. The number of benzene rings is 1. The van der Waals surface area contributed by atoms with Gasteiger partial charge < -0.3 is 20.3 Å². The van der Waals surface area contributed by atoms with Crippen LogP contribution >= 0.6 is 0 Å². The zero-order valence-corrected chi connectivity index (χ0v) is 19.8. The standard InChI is InChI=1S/C24H41N5O2/c1-5-25-24(27-16-11-19-31-20(2)21-12-7-6-8-13-21)26-15-10-18-29-17-9-14-22(29)23(30)28(3)4/h6-8,12-13,20,22H,5,9-11,14-19H2,1-4H3,(H2,25,26,27). The van der Waals surface area contributed by atoms with Crippen molar-refractivity contribution in [3.05, 3.63) is 35.9 Å². The van der Waals surface area contributed by atoms with Crippen LogP contribution in [0.5, 0.6) is 0 Å². The Balaban J connectivity index is 1.65. The van der Waals surface area contributed by atoms with Crippen molar-refractivity contribution in [3.63, 3.8) is 0 Å². The van der Waals surface area contributed by atoms with Crippen molar-refractivity contribution in [3.8, 4) is 0 Å². The van der Waals surface area contributed by atoms with Crippen LogP contribution in [0, 0.1) is 0 Å². The van der Waals surface area contributed by atoms with E-state index >= 15 is 0 Å². The Morgan fingerprint density at radius 1 is 1.26 bits per heavy atom. The summed E-state index contributed by atoms with van der Waals surface area (Å²) in [5.74, 6) is 1.07. The Morgan fingerprint density at radius 3 is 2.74 bits per heavy atom. The molecular formula is C24H41N5O2. The van der Waals surface area contributed by atoms with Crippen molar-refractivity contribution in [2.45, 2.75) is 51.7 Å². The normalized spacial score (nSPS) is 18.1. The zero-order chi connectivity index (χ0) is 22.5. The van der Waals surface area contributed by atoms with E-state index in [1.165, 1.54) is 5.56 Å². The van der Waals surface area contributed by atoms with Crippen molar-refractivity contribution >= 4 is 11.9 Å². The SMILES string of the molecule is CCNC(=NCCCOC(C)c1ccccc1)NCCCN1CCCC1C(=O)N(C)C. The number of carbonyl (C=O) groups is 1. The summed E-state index contributed by atoms with van der Waals surface area (Å²) in [6, 6.07) is 10.3. The minimum Gasteiger partial charge on any atom is -0.374 e. The molecule has 2 N–H and O–H groups in total. The second-order valence-electron chi connectivity index (χ2n) is 8.24. The van der Waals surface area contributed by atoms with E-state index in [-0.39, 0.29) is 18.1 Å². The van der Waals surface area contributed by atoms with E-state index in [1.807, 2.05) is 32.3 Å². The summed E-state index contributed by atoms with van der Waals surface area (Å²) in [5, 5.41) is 6.72. The van der Waals surface area contributed by atoms with E-state index in [9.17, 15) is 4.79 Å². The minimum absolute atomic E-state index is 0.0511. The van der Waals surface area contributed by atoms with Gasteiger partial charge in [0.25, 0.3) is 0 Å². The van der Waals surface area contributed by atoms with Gasteiger partial charge in [0, 0.05) is 46.9 Å². The molecule has 7 heteroatoms. The molecule has 2 rings (SSSR count). The predicted molar refractivity (Wildman–Crippen MR) is 127 cm³/mol. The maximum atomic E-state index is 12.3. The summed E-state index contributed by atoms with van der Waals surface area (Å²) in [4.78, 5) is 21.0. The van der Waals surface area contributed by atoms with Crippen LogP contribution in [-0.2, 0) is 9.53 Å². The first kappa shape index (κ1) is 25.1. The van der Waals surface area contributed by atoms with E-state index in [4.69, 9.17) is 4.74 Å². The van der Waals surface area contributed by atoms with Crippen LogP contribution in [0.15, 0.2) is 35.3 Å². The number of hydrogen-bond acceptors (Lipinski definition) is 4. The third-order valence-corrected chi connectivity index (χ3v) is 5.56. The maximum Gasteiger partial charge on any atom is 0.239 e. The quantitative estimate of drug-likeness (QED) is 0.303. The molecule has 0 saturated carbocycles. The molecule has 1 aliphatic heterocycles. The monoisotopic (exact) mass is 431 g/mol. The lowest BCUT2D eigenvalue weighted by Gasteiger charge is -2.26. The third-order valence-electron chi connectivity index (χ3n) is 5.56. The van der Waals surface area contributed by atoms with Gasteiger partial charge in [-0.1, -0.05) is 30.3 Å². The summed E-state index contributed by atoms with van der Waals surface area (Å²) in [7, 11) is 3.68. The van der Waals surface area contributed by atoms with Crippen molar-refractivity contribution in [1.82, 2.24) is 20.4 Å². The van der Waals surface area contributed by atoms with Gasteiger partial charge in [-0.25, -0.2) is 0 Å². The van der Waals surface area contributed by atoms with Crippen molar-refractivity contribution < 1.29 is 9.53 Å². The first-order valence-electron chi connectivity index (χ1n) is 11.7. The van der Waals surface area contributed by atoms with Crippen LogP contribution in [0.25, 0.3) is 0 Å². The molecule has 174 valence electrons. The third kappa shape index (κ3) is 8.87. The number of likely N-dealkylation sites (N-methyl/N-ethyl adjacent to an activating group) is 1. The average molecular weight is 432 g/mol. The van der Waals surface area contributed by atoms with Crippen LogP contribution in [0.3, 0.4) is 0 Å². The Hall–Kier alpha value is -2.12. The molecule has 0 bridgehead atoms. The number of likely N-dealkylation sites (tertiary alicyclic amines) is 1. The fourth-order valence-corrected chi connectivity index (χ4v) is 3.84. The number of rotatable bonds is 12. The smallest absolute Gasteiger partial charge is 0.239 e. The lowest BCUT2D eigenvalue weighted by molar-refractivity contribution is -0.133. The number of nitrogens with one attached hydrogen (secondary N) is 2. The highest BCUT2D eigenvalue weighted by Crippen LogP contribution is 2.18. The molecule has 0 aliphatic carbocycles. The molecule has 1 saturated heterocycles. The number of nitrogens with zero attached hydrogens (tertiary/aromatic N) is 3. The lowest BCUT2D eigenvalue weighted by atomic mass is 10.1. The molecule has 7 nitrogen and oxygen atoms in total. The molecule has 1 aromatic rings. The molecule has 0 aromatic heterocycles. The van der Waals surface area contributed by atoms with Gasteiger partial charge in [-0.2, -0.15) is 0 Å². The molecule has 1 aromatic carbocycles. The number of ether oxygens (including phenoxy) is 1. The summed E-state index contributed by atoms with van der Waals surface area (Å²) < 4.78 is 5.92. The summed E-state index contributed by atoms with van der Waals surface area (Å²) in [5.41, 5.74) is 1.20. The molecule has 2 atom stereocenters. The molecule has 31 heavy (non-hydrogen) atoms. The first-order valence-corrected chi connectivity index (χ1v) is 11.7. The highest BCUT2D eigenvalue weighted by Gasteiger charge is 2.30. The Morgan fingerprint density at radius 2 is 2.03 bits per heavy atom. The molecule has 1 amide bonds. The van der Waals surface area contributed by atoms with Crippen LogP contribution in [0.1, 0.15) is 51.2 Å². The number of guanidine groups is 1. The fraction of sp³-hybridized carbons (Fsp3) is 0.667. The second kappa shape index (κ2) is 14.0. The summed E-state index contributed by atoms with van der Waals surface area (Å²) in [6.45, 7) is 9.19. The van der Waals surface area contributed by atoms with E-state index in [0.29, 0.717) is 6.61 Å². The molecule has 1 fully saturated rings. The van der Waals surface area contributed by atoms with Crippen molar-refractivity contribution in [2.24, 2.45) is 4.99 Å². The predicted octanol–water partition coefficient (Wildman–Crippen LogP) is 2.65. The number of aliphatic imine (C=N–C) groups is 1. The molecule has 0 radical (unpaired) electrons. The van der Waals surface area contributed by atoms with E-state index < -0.39 is 0 Å². The highest BCUT2D eigenvalue weighted by atomic mass is 16.5. The van der Waals surface area contributed by atoms with Crippen LogP contribution in [0.4, 0.5) is 0 Å². The highest BCUT2D eigenvalue weighted by molar-refractivity contribution is 5.81. The van der Waals surface area contributed by atoms with Crippen LogP contribution in [0.2, 0.25) is 0 Å². The van der Waals surface area contributed by atoms with E-state index in [0.717, 1.165) is 64.4 Å². The number of carbonyl (C=O) groups excluding carboxylic acids is 1. The Kier molecular flexibility index (Phi) is 11.4. The van der Waals surface area contributed by atoms with Gasteiger partial charge in [-0.15, -0.1) is 0 Å². The number of hydrogen-bond donors (Lipinski definition) is 2. The second-order valence-corrected chi connectivity index (χ2v) is 8.24. The molecule has 1 aliphatic rings. The minimum atomic E-state index is 0.0511. The van der Waals surface area contributed by atoms with Gasteiger partial charge in [0.1, 0.15) is 0 Å². The van der Waals surface area contributed by atoms with Gasteiger partial charge in [0.15, 0.2) is 5.96 Å². The number of amides is 1. The Labute approximate surface area is 188 Å². The zero-order valence-electron chi connectivity index (χ0n) is 19.8. The topological polar surface area (TPSA) is 69.2 Å². The van der Waals surface area contributed by atoms with E-state index in [2.05, 4.69) is 46.5 Å². The van der Waals surface area contributed by atoms with Crippen LogP contribution in [-0.4, -0.2) is 81.1 Å². The largest absolute Gasteiger partial charge is 0.374 e. The Bertz CT molecular complexity index is 665. The first-order chi connectivity index (χ1) is 15.0. The van der Waals surface area contributed by atoms with Crippen molar-refractivity contribution in [2.75, 3.05) is 53.4 Å². The molecule has 0 spiro atoms. The van der Waals surface area contributed by atoms with Gasteiger partial charge in [-0.05, 0) is 51.6 Å². The maximum absolute atomic E-state index is 12.3. The van der Waals surface area contributed by atoms with Gasteiger partial charge in [0.2, 0.25) is 5.91 Å². The van der Waals surface area contributed by atoms with E-state index in [1.54, 1.807) is 4.90 Å². The van der Waals surface area contributed by atoms with Gasteiger partial charge in [0.05, 0.1) is 12.1 Å². The van der Waals surface area contributed by atoms with Crippen molar-refractivity contribution in [1.29, 1.82) is 0 Å². The van der Waals surface area contributed by atoms with Gasteiger partial charge >= 0.3 is 0 Å². The molecule has 1 heterocycles. The van der Waals surface area contributed by atoms with Gasteiger partial charge in [-0.3, -0.25) is 14.7 Å². The summed E-state index contributed by atoms with van der Waals surface area (Å²) >= 11 is 0. The average Bonchev–Trinajstić information content (AvgIpc) is 3.24. The fourth-order valence-electron chi connectivity index (χ4n) is 3.84. The molecule has 2 unspecified atom stereocenters. The lowest BCUT2D eigenvalue weighted by Crippen LogP contribution is -2.44. The van der Waals surface area contributed by atoms with Crippen LogP contribution < -0.4 is 10.6 Å². The summed E-state index contributed by atoms with van der Waals surface area (Å²) in [6.07, 6.45) is 4.05.